The summed E-state index contributed by atoms with van der Waals surface area (Å²) in [4.78, 5) is 0. The molecule has 0 aromatic heterocycles. The zero-order valence-electron chi connectivity index (χ0n) is 11.8. The van der Waals surface area contributed by atoms with Crippen molar-refractivity contribution in [2.24, 2.45) is 5.73 Å². The van der Waals surface area contributed by atoms with E-state index in [0.717, 1.165) is 24.3 Å². The number of ether oxygens (including phenoxy) is 2. The van der Waals surface area contributed by atoms with Crippen LogP contribution in [-0.4, -0.2) is 19.8 Å². The topological polar surface area (TPSA) is 44.5 Å². The molecule has 3 nitrogen and oxygen atoms in total. The standard InChI is InChI=1S/C17H21NO2/c1-19-16-9-7-14(8-10-16)13-15(18)11-12-20-17-5-3-2-4-6-17/h2-10,15H,11-13,18H2,1H3. The van der Waals surface area contributed by atoms with Gasteiger partial charge in [0.1, 0.15) is 11.5 Å². The average molecular weight is 271 g/mol. The van der Waals surface area contributed by atoms with Gasteiger partial charge in [-0.2, -0.15) is 0 Å². The Morgan fingerprint density at radius 1 is 0.950 bits per heavy atom. The van der Waals surface area contributed by atoms with Gasteiger partial charge in [-0.1, -0.05) is 30.3 Å². The first-order valence-electron chi connectivity index (χ1n) is 6.84. The van der Waals surface area contributed by atoms with Crippen LogP contribution < -0.4 is 15.2 Å². The molecule has 0 spiro atoms. The highest BCUT2D eigenvalue weighted by molar-refractivity contribution is 5.27. The smallest absolute Gasteiger partial charge is 0.119 e. The van der Waals surface area contributed by atoms with Gasteiger partial charge in [-0.25, -0.2) is 0 Å². The number of para-hydroxylation sites is 1. The first-order chi connectivity index (χ1) is 9.78. The molecule has 0 bridgehead atoms. The quantitative estimate of drug-likeness (QED) is 0.842. The van der Waals surface area contributed by atoms with Crippen molar-refractivity contribution < 1.29 is 9.47 Å². The first kappa shape index (κ1) is 14.4. The second kappa shape index (κ2) is 7.56. The summed E-state index contributed by atoms with van der Waals surface area (Å²) in [5.41, 5.74) is 7.35. The first-order valence-corrected chi connectivity index (χ1v) is 6.84. The molecule has 20 heavy (non-hydrogen) atoms. The van der Waals surface area contributed by atoms with Gasteiger partial charge in [-0.15, -0.1) is 0 Å². The Labute approximate surface area is 120 Å². The van der Waals surface area contributed by atoms with Crippen LogP contribution in [0.3, 0.4) is 0 Å². The zero-order chi connectivity index (χ0) is 14.2. The van der Waals surface area contributed by atoms with Gasteiger partial charge in [0.25, 0.3) is 0 Å². The van der Waals surface area contributed by atoms with Gasteiger partial charge in [0.15, 0.2) is 0 Å². The SMILES string of the molecule is COc1ccc(CC(N)CCOc2ccccc2)cc1. The highest BCUT2D eigenvalue weighted by Gasteiger charge is 2.05. The van der Waals surface area contributed by atoms with Crippen LogP contribution in [0.15, 0.2) is 54.6 Å². The van der Waals surface area contributed by atoms with Gasteiger partial charge in [0.05, 0.1) is 13.7 Å². The maximum absolute atomic E-state index is 6.13. The molecule has 2 N–H and O–H groups in total. The van der Waals surface area contributed by atoms with Crippen molar-refractivity contribution in [2.45, 2.75) is 18.9 Å². The third kappa shape index (κ3) is 4.59. The molecule has 0 aliphatic carbocycles. The minimum atomic E-state index is 0.104. The van der Waals surface area contributed by atoms with Crippen LogP contribution in [-0.2, 0) is 6.42 Å². The van der Waals surface area contributed by atoms with Crippen LogP contribution in [0.1, 0.15) is 12.0 Å². The molecule has 2 aromatic carbocycles. The average Bonchev–Trinajstić information content (AvgIpc) is 2.49. The Morgan fingerprint density at radius 3 is 2.30 bits per heavy atom. The van der Waals surface area contributed by atoms with E-state index in [9.17, 15) is 0 Å². The lowest BCUT2D eigenvalue weighted by molar-refractivity contribution is 0.297. The highest BCUT2D eigenvalue weighted by atomic mass is 16.5. The second-order valence-electron chi connectivity index (χ2n) is 4.76. The fourth-order valence-electron chi connectivity index (χ4n) is 2.01. The van der Waals surface area contributed by atoms with Gasteiger partial charge >= 0.3 is 0 Å². The van der Waals surface area contributed by atoms with E-state index in [1.54, 1.807) is 7.11 Å². The fourth-order valence-corrected chi connectivity index (χ4v) is 2.01. The lowest BCUT2D eigenvalue weighted by Crippen LogP contribution is -2.25. The monoisotopic (exact) mass is 271 g/mol. The van der Waals surface area contributed by atoms with Crippen LogP contribution >= 0.6 is 0 Å². The number of methoxy groups -OCH3 is 1. The summed E-state index contributed by atoms with van der Waals surface area (Å²) in [6.45, 7) is 0.640. The summed E-state index contributed by atoms with van der Waals surface area (Å²) < 4.78 is 10.8. The van der Waals surface area contributed by atoms with E-state index in [2.05, 4.69) is 12.1 Å². The maximum atomic E-state index is 6.13. The normalized spacial score (nSPS) is 11.9. The van der Waals surface area contributed by atoms with E-state index in [0.29, 0.717) is 6.61 Å². The van der Waals surface area contributed by atoms with Crippen molar-refractivity contribution in [1.82, 2.24) is 0 Å². The van der Waals surface area contributed by atoms with E-state index in [-0.39, 0.29) is 6.04 Å². The fraction of sp³-hybridized carbons (Fsp3) is 0.294. The van der Waals surface area contributed by atoms with Crippen molar-refractivity contribution >= 4 is 0 Å². The summed E-state index contributed by atoms with van der Waals surface area (Å²) in [5.74, 6) is 1.76. The molecule has 0 aliphatic heterocycles. The Morgan fingerprint density at radius 2 is 1.65 bits per heavy atom. The number of hydrogen-bond donors (Lipinski definition) is 1. The molecule has 1 atom stereocenters. The lowest BCUT2D eigenvalue weighted by Gasteiger charge is -2.13. The predicted octanol–water partition coefficient (Wildman–Crippen LogP) is 3.03. The van der Waals surface area contributed by atoms with Crippen molar-refractivity contribution in [3.05, 3.63) is 60.2 Å². The Hall–Kier alpha value is -2.00. The summed E-state index contributed by atoms with van der Waals surface area (Å²) >= 11 is 0. The molecule has 0 amide bonds. The molecule has 3 heteroatoms. The van der Waals surface area contributed by atoms with E-state index >= 15 is 0 Å². The summed E-state index contributed by atoms with van der Waals surface area (Å²) in [6, 6.07) is 17.9. The Bertz CT molecular complexity index is 496. The maximum Gasteiger partial charge on any atom is 0.119 e. The molecule has 2 aromatic rings. The summed E-state index contributed by atoms with van der Waals surface area (Å²) in [7, 11) is 1.67. The van der Waals surface area contributed by atoms with Gasteiger partial charge in [0.2, 0.25) is 0 Å². The molecular weight excluding hydrogens is 250 g/mol. The molecule has 0 saturated carbocycles. The van der Waals surface area contributed by atoms with Gasteiger partial charge in [-0.3, -0.25) is 0 Å². The minimum absolute atomic E-state index is 0.104. The molecular formula is C17H21NO2. The van der Waals surface area contributed by atoms with E-state index in [1.807, 2.05) is 42.5 Å². The van der Waals surface area contributed by atoms with E-state index < -0.39 is 0 Å². The zero-order valence-corrected chi connectivity index (χ0v) is 11.8. The van der Waals surface area contributed by atoms with E-state index in [1.165, 1.54) is 5.56 Å². The largest absolute Gasteiger partial charge is 0.497 e. The predicted molar refractivity (Wildman–Crippen MR) is 81.2 cm³/mol. The molecule has 1 unspecified atom stereocenters. The Balaban J connectivity index is 1.73. The minimum Gasteiger partial charge on any atom is -0.497 e. The highest BCUT2D eigenvalue weighted by Crippen LogP contribution is 2.13. The third-order valence-electron chi connectivity index (χ3n) is 3.16. The molecule has 0 aliphatic rings. The molecule has 2 rings (SSSR count). The van der Waals surface area contributed by atoms with Gasteiger partial charge in [-0.05, 0) is 42.7 Å². The molecule has 106 valence electrons. The van der Waals surface area contributed by atoms with Crippen molar-refractivity contribution in [3.8, 4) is 11.5 Å². The number of hydrogen-bond acceptors (Lipinski definition) is 3. The van der Waals surface area contributed by atoms with Crippen LogP contribution in [0.5, 0.6) is 11.5 Å². The van der Waals surface area contributed by atoms with Crippen LogP contribution in [0, 0.1) is 0 Å². The van der Waals surface area contributed by atoms with Crippen LogP contribution in [0.2, 0.25) is 0 Å². The third-order valence-corrected chi connectivity index (χ3v) is 3.16. The second-order valence-corrected chi connectivity index (χ2v) is 4.76. The number of benzene rings is 2. The van der Waals surface area contributed by atoms with E-state index in [4.69, 9.17) is 15.2 Å². The van der Waals surface area contributed by atoms with Gasteiger partial charge < -0.3 is 15.2 Å². The lowest BCUT2D eigenvalue weighted by atomic mass is 10.0. The summed E-state index contributed by atoms with van der Waals surface area (Å²) in [5, 5.41) is 0. The van der Waals surface area contributed by atoms with Crippen molar-refractivity contribution in [1.29, 1.82) is 0 Å². The number of rotatable bonds is 7. The molecule has 0 saturated heterocycles. The van der Waals surface area contributed by atoms with Crippen molar-refractivity contribution in [2.75, 3.05) is 13.7 Å². The summed E-state index contributed by atoms with van der Waals surface area (Å²) in [6.07, 6.45) is 1.68. The molecule has 0 radical (unpaired) electrons. The van der Waals surface area contributed by atoms with Crippen LogP contribution in [0.4, 0.5) is 0 Å². The molecule has 0 fully saturated rings. The Kier molecular flexibility index (Phi) is 5.44. The molecule has 0 heterocycles. The van der Waals surface area contributed by atoms with Gasteiger partial charge in [0, 0.05) is 6.04 Å². The number of nitrogens with two attached hydrogens (primary N) is 1. The van der Waals surface area contributed by atoms with Crippen LogP contribution in [0.25, 0.3) is 0 Å². The van der Waals surface area contributed by atoms with Crippen molar-refractivity contribution in [3.63, 3.8) is 0 Å².